The molecule has 0 saturated heterocycles. The number of carbonyl (C=O) groups is 1. The highest BCUT2D eigenvalue weighted by Gasteiger charge is 2.09. The number of amides is 1. The summed E-state index contributed by atoms with van der Waals surface area (Å²) in [5, 5.41) is 0. The minimum absolute atomic E-state index is 0.341. The van der Waals surface area contributed by atoms with Crippen molar-refractivity contribution in [3.8, 4) is 0 Å². The lowest BCUT2D eigenvalue weighted by Gasteiger charge is -2.19. The van der Waals surface area contributed by atoms with Crippen LogP contribution in [0.5, 0.6) is 0 Å². The number of nitrogens with two attached hydrogens (primary N) is 1. The summed E-state index contributed by atoms with van der Waals surface area (Å²) < 4.78 is 0. The first-order valence-corrected chi connectivity index (χ1v) is 5.58. The van der Waals surface area contributed by atoms with Crippen molar-refractivity contribution in [2.75, 3.05) is 19.6 Å². The molecule has 0 aromatic rings. The van der Waals surface area contributed by atoms with Crippen LogP contribution in [0.25, 0.3) is 0 Å². The maximum atomic E-state index is 11.2. The Labute approximate surface area is 98.3 Å². The van der Waals surface area contributed by atoms with E-state index in [1.54, 1.807) is 0 Å². The summed E-state index contributed by atoms with van der Waals surface area (Å²) in [6.07, 6.45) is 7.43. The highest BCUT2D eigenvalue weighted by Crippen LogP contribution is 2.03. The summed E-state index contributed by atoms with van der Waals surface area (Å²) >= 11 is 0. The molecule has 1 amide bonds. The van der Waals surface area contributed by atoms with Crippen LogP contribution in [0.3, 0.4) is 0 Å². The minimum atomic E-state index is -0.341. The van der Waals surface area contributed by atoms with Gasteiger partial charge in [0.25, 0.3) is 0 Å². The molecule has 0 aliphatic carbocycles. The number of hydrogen-bond acceptors (Lipinski definition) is 2. The summed E-state index contributed by atoms with van der Waals surface area (Å²) in [5.74, 6) is -0.341. The van der Waals surface area contributed by atoms with E-state index in [2.05, 4.69) is 25.0 Å². The molecule has 0 saturated carbocycles. The molecule has 3 nitrogen and oxygen atoms in total. The van der Waals surface area contributed by atoms with Crippen LogP contribution < -0.4 is 5.73 Å². The molecule has 0 bridgehead atoms. The van der Waals surface area contributed by atoms with Crippen LogP contribution in [-0.4, -0.2) is 30.4 Å². The Morgan fingerprint density at radius 2 is 1.88 bits per heavy atom. The fourth-order valence-corrected chi connectivity index (χ4v) is 1.37. The van der Waals surface area contributed by atoms with Gasteiger partial charge in [0.15, 0.2) is 0 Å². The van der Waals surface area contributed by atoms with Gasteiger partial charge in [-0.1, -0.05) is 31.6 Å². The van der Waals surface area contributed by atoms with E-state index in [4.69, 9.17) is 5.73 Å². The number of rotatable bonds is 9. The van der Waals surface area contributed by atoms with E-state index in [1.807, 2.05) is 18.2 Å². The van der Waals surface area contributed by atoms with Crippen molar-refractivity contribution >= 4 is 5.91 Å². The van der Waals surface area contributed by atoms with Gasteiger partial charge in [-0.05, 0) is 6.42 Å². The molecule has 0 aliphatic rings. The zero-order chi connectivity index (χ0) is 12.4. The molecule has 3 heteroatoms. The minimum Gasteiger partial charge on any atom is -0.366 e. The van der Waals surface area contributed by atoms with E-state index in [-0.39, 0.29) is 5.91 Å². The molecule has 2 N–H and O–H groups in total. The van der Waals surface area contributed by atoms with Gasteiger partial charge in [0.05, 0.1) is 0 Å². The highest BCUT2D eigenvalue weighted by atomic mass is 16.1. The molecule has 0 unspecified atom stereocenters. The third-order valence-corrected chi connectivity index (χ3v) is 2.16. The number of unbranched alkanes of at least 4 members (excludes halogenated alkanes) is 1. The first-order valence-electron chi connectivity index (χ1n) is 5.58. The zero-order valence-corrected chi connectivity index (χ0v) is 10.1. The van der Waals surface area contributed by atoms with Crippen LogP contribution in [0.4, 0.5) is 0 Å². The number of nitrogens with zero attached hydrogens (tertiary/aromatic N) is 1. The summed E-state index contributed by atoms with van der Waals surface area (Å²) in [7, 11) is 0. The molecular weight excluding hydrogens is 200 g/mol. The predicted octanol–water partition coefficient (Wildman–Crippen LogP) is 1.87. The van der Waals surface area contributed by atoms with Crippen LogP contribution in [0.2, 0.25) is 0 Å². The lowest BCUT2D eigenvalue weighted by molar-refractivity contribution is -0.114. The fraction of sp³-hybridized carbons (Fsp3) is 0.462. The second-order valence-corrected chi connectivity index (χ2v) is 3.65. The van der Waals surface area contributed by atoms with Gasteiger partial charge >= 0.3 is 0 Å². The molecule has 0 aromatic heterocycles. The lowest BCUT2D eigenvalue weighted by atomic mass is 10.1. The molecule has 0 fully saturated rings. The van der Waals surface area contributed by atoms with Gasteiger partial charge in [-0.3, -0.25) is 9.69 Å². The van der Waals surface area contributed by atoms with Gasteiger partial charge in [-0.25, -0.2) is 0 Å². The molecular formula is C13H22N2O. The molecule has 0 aliphatic heterocycles. The Balaban J connectivity index is 4.49. The van der Waals surface area contributed by atoms with Crippen molar-refractivity contribution in [1.82, 2.24) is 4.90 Å². The first-order chi connectivity index (χ1) is 7.65. The van der Waals surface area contributed by atoms with Crippen LogP contribution in [0.15, 0.2) is 37.0 Å². The Bertz CT molecular complexity index is 259. The monoisotopic (exact) mass is 222 g/mol. The molecule has 0 radical (unpaired) electrons. The van der Waals surface area contributed by atoms with Gasteiger partial charge in [-0.2, -0.15) is 0 Å². The van der Waals surface area contributed by atoms with Crippen molar-refractivity contribution in [2.45, 2.75) is 19.8 Å². The number of allylic oxidation sites excluding steroid dienone is 1. The van der Waals surface area contributed by atoms with Crippen LogP contribution in [0.1, 0.15) is 19.8 Å². The van der Waals surface area contributed by atoms with Gasteiger partial charge in [-0.15, -0.1) is 13.2 Å². The van der Waals surface area contributed by atoms with Gasteiger partial charge in [0, 0.05) is 25.2 Å². The summed E-state index contributed by atoms with van der Waals surface area (Å²) in [6.45, 7) is 11.5. The topological polar surface area (TPSA) is 46.3 Å². The first kappa shape index (κ1) is 14.6. The molecule has 0 spiro atoms. The van der Waals surface area contributed by atoms with Crippen LogP contribution >= 0.6 is 0 Å². The summed E-state index contributed by atoms with van der Waals surface area (Å²) in [4.78, 5) is 13.3. The molecule has 16 heavy (non-hydrogen) atoms. The van der Waals surface area contributed by atoms with E-state index in [0.29, 0.717) is 12.1 Å². The zero-order valence-electron chi connectivity index (χ0n) is 10.1. The van der Waals surface area contributed by atoms with Gasteiger partial charge < -0.3 is 5.73 Å². The normalized spacial score (nSPS) is 11.5. The second kappa shape index (κ2) is 8.92. The maximum Gasteiger partial charge on any atom is 0.245 e. The fourth-order valence-electron chi connectivity index (χ4n) is 1.37. The SMILES string of the molecule is C=CCN(CC=C)CC(=CCCC)C(N)=O. The van der Waals surface area contributed by atoms with Crippen LogP contribution in [-0.2, 0) is 4.79 Å². The van der Waals surface area contributed by atoms with E-state index >= 15 is 0 Å². The largest absolute Gasteiger partial charge is 0.366 e. The van der Waals surface area contributed by atoms with Gasteiger partial charge in [0.2, 0.25) is 5.91 Å². The van der Waals surface area contributed by atoms with Crippen molar-refractivity contribution in [3.05, 3.63) is 37.0 Å². The predicted molar refractivity (Wildman–Crippen MR) is 69.0 cm³/mol. The van der Waals surface area contributed by atoms with Crippen molar-refractivity contribution < 1.29 is 4.79 Å². The second-order valence-electron chi connectivity index (χ2n) is 3.65. The van der Waals surface area contributed by atoms with Crippen molar-refractivity contribution in [2.24, 2.45) is 5.73 Å². The summed E-state index contributed by atoms with van der Waals surface area (Å²) in [6, 6.07) is 0. The Morgan fingerprint density at radius 1 is 1.31 bits per heavy atom. The Hall–Kier alpha value is -1.35. The van der Waals surface area contributed by atoms with E-state index in [0.717, 1.165) is 25.9 Å². The van der Waals surface area contributed by atoms with Crippen molar-refractivity contribution in [3.63, 3.8) is 0 Å². The number of primary amides is 1. The summed E-state index contributed by atoms with van der Waals surface area (Å²) in [5.41, 5.74) is 6.00. The van der Waals surface area contributed by atoms with Gasteiger partial charge in [0.1, 0.15) is 0 Å². The highest BCUT2D eigenvalue weighted by molar-refractivity contribution is 5.92. The molecule has 0 heterocycles. The molecule has 0 aromatic carbocycles. The lowest BCUT2D eigenvalue weighted by Crippen LogP contribution is -2.30. The standard InChI is InChI=1S/C13H22N2O/c1-4-7-8-12(13(14)16)11-15(9-5-2)10-6-3/h5-6,8H,2-4,7,9-11H2,1H3,(H2,14,16). The number of carbonyl (C=O) groups excluding carboxylic acids is 1. The smallest absolute Gasteiger partial charge is 0.245 e. The average molecular weight is 222 g/mol. The molecule has 0 rings (SSSR count). The van der Waals surface area contributed by atoms with E-state index in [9.17, 15) is 4.79 Å². The quantitative estimate of drug-likeness (QED) is 0.478. The average Bonchev–Trinajstić information content (AvgIpc) is 2.24. The third-order valence-electron chi connectivity index (χ3n) is 2.16. The van der Waals surface area contributed by atoms with E-state index in [1.165, 1.54) is 0 Å². The molecule has 0 atom stereocenters. The van der Waals surface area contributed by atoms with E-state index < -0.39 is 0 Å². The van der Waals surface area contributed by atoms with Crippen molar-refractivity contribution in [1.29, 1.82) is 0 Å². The molecule has 90 valence electrons. The Kier molecular flexibility index (Phi) is 8.17. The maximum absolute atomic E-state index is 11.2. The van der Waals surface area contributed by atoms with Crippen LogP contribution in [0, 0.1) is 0 Å². The Morgan fingerprint density at radius 3 is 2.25 bits per heavy atom. The number of hydrogen-bond donors (Lipinski definition) is 1. The third kappa shape index (κ3) is 6.19.